The Labute approximate surface area is 252 Å². The van der Waals surface area contributed by atoms with Crippen molar-refractivity contribution >= 4 is 54.5 Å². The van der Waals surface area contributed by atoms with Gasteiger partial charge in [-0.05, 0) is 41.5 Å². The van der Waals surface area contributed by atoms with E-state index < -0.39 is 0 Å². The van der Waals surface area contributed by atoms with Crippen LogP contribution in [-0.4, -0.2) is 24.9 Å². The number of nitrogens with zero attached hydrogens (tertiary/aromatic N) is 5. The molecule has 0 unspecified atom stereocenters. The van der Waals surface area contributed by atoms with Crippen LogP contribution in [0.15, 0.2) is 140 Å². The summed E-state index contributed by atoms with van der Waals surface area (Å²) in [7, 11) is 0. The van der Waals surface area contributed by atoms with Gasteiger partial charge < -0.3 is 0 Å². The molecular formula is C39H23N5. The highest BCUT2D eigenvalue weighted by Crippen LogP contribution is 2.38. The third-order valence-corrected chi connectivity index (χ3v) is 8.39. The van der Waals surface area contributed by atoms with E-state index in [0.717, 1.165) is 82.6 Å². The molecule has 204 valence electrons. The second-order valence-electron chi connectivity index (χ2n) is 10.9. The molecule has 0 aliphatic heterocycles. The lowest BCUT2D eigenvalue weighted by atomic mass is 9.95. The van der Waals surface area contributed by atoms with E-state index in [1.54, 1.807) is 0 Å². The Bertz CT molecular complexity index is 2540. The second-order valence-corrected chi connectivity index (χ2v) is 10.9. The molecule has 9 aromatic rings. The largest absolute Gasteiger partial charge is 0.254 e. The molecular weight excluding hydrogens is 538 g/mol. The van der Waals surface area contributed by atoms with Crippen molar-refractivity contribution < 1.29 is 0 Å². The molecule has 44 heavy (non-hydrogen) atoms. The molecule has 0 spiro atoms. The smallest absolute Gasteiger partial charge is 0.0978 e. The lowest BCUT2D eigenvalue weighted by Gasteiger charge is -2.13. The van der Waals surface area contributed by atoms with Gasteiger partial charge in [-0.3, -0.25) is 15.0 Å². The highest BCUT2D eigenvalue weighted by atomic mass is 14.8. The van der Waals surface area contributed by atoms with E-state index in [2.05, 4.69) is 94.9 Å². The molecule has 0 radical (unpaired) electrons. The third kappa shape index (κ3) is 3.83. The zero-order valence-corrected chi connectivity index (χ0v) is 23.5. The summed E-state index contributed by atoms with van der Waals surface area (Å²) in [6.07, 6.45) is 5.57. The molecule has 0 atom stereocenters. The van der Waals surface area contributed by atoms with Crippen molar-refractivity contribution in [2.45, 2.75) is 0 Å². The Morgan fingerprint density at radius 1 is 0.386 bits per heavy atom. The highest BCUT2D eigenvalue weighted by molar-refractivity contribution is 6.16. The summed E-state index contributed by atoms with van der Waals surface area (Å²) in [5.74, 6) is 0. The predicted molar refractivity (Wildman–Crippen MR) is 179 cm³/mol. The Morgan fingerprint density at radius 3 is 2.05 bits per heavy atom. The zero-order chi connectivity index (χ0) is 29.0. The summed E-state index contributed by atoms with van der Waals surface area (Å²) in [4.78, 5) is 24.4. The molecule has 0 saturated carbocycles. The number of aromatic nitrogens is 5. The molecule has 5 heteroatoms. The quantitative estimate of drug-likeness (QED) is 0.159. The van der Waals surface area contributed by atoms with Gasteiger partial charge in [0.05, 0.1) is 39.0 Å². The fourth-order valence-electron chi connectivity index (χ4n) is 6.31. The summed E-state index contributed by atoms with van der Waals surface area (Å²) in [5, 5.41) is 5.39. The van der Waals surface area contributed by atoms with Crippen molar-refractivity contribution in [3.8, 4) is 33.6 Å². The van der Waals surface area contributed by atoms with Crippen LogP contribution in [0.1, 0.15) is 0 Å². The predicted octanol–water partition coefficient (Wildman–Crippen LogP) is 9.43. The SMILES string of the molecule is c1ccc(-c2c3ccccc3nc3c2ccc2ccc(-c4ccc(-c5ccnc6c5ccc5cccnc56)cn4)nc23)cc1. The van der Waals surface area contributed by atoms with Gasteiger partial charge >= 0.3 is 0 Å². The van der Waals surface area contributed by atoms with E-state index in [1.807, 2.05) is 55.0 Å². The number of fused-ring (bicyclic) bond motifs is 7. The first-order chi connectivity index (χ1) is 21.8. The molecule has 0 N–H and O–H groups in total. The van der Waals surface area contributed by atoms with Crippen LogP contribution in [0.25, 0.3) is 88.2 Å². The normalized spacial score (nSPS) is 11.6. The van der Waals surface area contributed by atoms with E-state index in [9.17, 15) is 0 Å². The van der Waals surface area contributed by atoms with Crippen LogP contribution in [-0.2, 0) is 0 Å². The first kappa shape index (κ1) is 24.5. The molecule has 0 bridgehead atoms. The summed E-state index contributed by atoms with van der Waals surface area (Å²) in [6, 6.07) is 41.7. The summed E-state index contributed by atoms with van der Waals surface area (Å²) < 4.78 is 0. The van der Waals surface area contributed by atoms with Gasteiger partial charge in [-0.25, -0.2) is 9.97 Å². The van der Waals surface area contributed by atoms with E-state index in [-0.39, 0.29) is 0 Å². The zero-order valence-electron chi connectivity index (χ0n) is 23.5. The van der Waals surface area contributed by atoms with Crippen LogP contribution in [0, 0.1) is 0 Å². The monoisotopic (exact) mass is 561 g/mol. The molecule has 0 fully saturated rings. The fraction of sp³-hybridized carbons (Fsp3) is 0. The minimum Gasteiger partial charge on any atom is -0.254 e. The van der Waals surface area contributed by atoms with Crippen molar-refractivity contribution in [3.05, 3.63) is 140 Å². The van der Waals surface area contributed by atoms with Gasteiger partial charge in [0.2, 0.25) is 0 Å². The number of hydrogen-bond donors (Lipinski definition) is 0. The van der Waals surface area contributed by atoms with Crippen LogP contribution in [0.4, 0.5) is 0 Å². The number of hydrogen-bond acceptors (Lipinski definition) is 5. The molecule has 5 nitrogen and oxygen atoms in total. The van der Waals surface area contributed by atoms with Gasteiger partial charge in [-0.2, -0.15) is 0 Å². The Balaban J connectivity index is 1.19. The molecule has 0 saturated heterocycles. The lowest BCUT2D eigenvalue weighted by molar-refractivity contribution is 1.28. The number of rotatable bonds is 3. The Morgan fingerprint density at radius 2 is 1.16 bits per heavy atom. The van der Waals surface area contributed by atoms with E-state index in [0.29, 0.717) is 0 Å². The van der Waals surface area contributed by atoms with E-state index in [1.165, 1.54) is 5.56 Å². The van der Waals surface area contributed by atoms with Crippen molar-refractivity contribution in [2.24, 2.45) is 0 Å². The maximum Gasteiger partial charge on any atom is 0.0978 e. The molecule has 0 aliphatic carbocycles. The average molecular weight is 562 g/mol. The molecule has 5 aromatic heterocycles. The van der Waals surface area contributed by atoms with Gasteiger partial charge in [-0.1, -0.05) is 91.0 Å². The van der Waals surface area contributed by atoms with E-state index >= 15 is 0 Å². The van der Waals surface area contributed by atoms with Crippen molar-refractivity contribution in [3.63, 3.8) is 0 Å². The van der Waals surface area contributed by atoms with Crippen LogP contribution in [0.5, 0.6) is 0 Å². The lowest BCUT2D eigenvalue weighted by Crippen LogP contribution is -1.94. The molecule has 4 aromatic carbocycles. The van der Waals surface area contributed by atoms with Crippen LogP contribution >= 0.6 is 0 Å². The first-order valence-electron chi connectivity index (χ1n) is 14.6. The summed E-state index contributed by atoms with van der Waals surface area (Å²) in [5.41, 5.74) is 10.6. The van der Waals surface area contributed by atoms with Gasteiger partial charge in [0.1, 0.15) is 0 Å². The maximum atomic E-state index is 5.16. The molecule has 0 aliphatic rings. The molecule has 9 rings (SSSR count). The van der Waals surface area contributed by atoms with Gasteiger partial charge in [-0.15, -0.1) is 0 Å². The van der Waals surface area contributed by atoms with Crippen LogP contribution in [0.2, 0.25) is 0 Å². The van der Waals surface area contributed by atoms with Gasteiger partial charge in [0.15, 0.2) is 0 Å². The topological polar surface area (TPSA) is 64.5 Å². The molecule has 5 heterocycles. The average Bonchev–Trinajstić information content (AvgIpc) is 3.10. The van der Waals surface area contributed by atoms with Crippen molar-refractivity contribution in [1.82, 2.24) is 24.9 Å². The highest BCUT2D eigenvalue weighted by Gasteiger charge is 2.15. The second kappa shape index (κ2) is 9.75. The minimum atomic E-state index is 0.808. The Hall–Kier alpha value is -6.07. The van der Waals surface area contributed by atoms with Crippen LogP contribution < -0.4 is 0 Å². The maximum absolute atomic E-state index is 5.16. The number of benzene rings is 4. The number of para-hydroxylation sites is 1. The van der Waals surface area contributed by atoms with Crippen LogP contribution in [0.3, 0.4) is 0 Å². The fourth-order valence-corrected chi connectivity index (χ4v) is 6.31. The van der Waals surface area contributed by atoms with Gasteiger partial charge in [0.25, 0.3) is 0 Å². The molecule has 0 amide bonds. The summed E-state index contributed by atoms with van der Waals surface area (Å²) >= 11 is 0. The minimum absolute atomic E-state index is 0.808. The standard InChI is InChI=1S/C39H23N5/c1-2-7-24(8-3-1)35-30-10-4-5-11-32(30)43-39-31(35)17-13-26-14-19-34(44-37(26)39)33-18-15-27(23-42-33)28-20-22-41-38-29(28)16-12-25-9-6-21-40-36(25)38/h1-23H. The number of pyridine rings is 5. The first-order valence-corrected chi connectivity index (χ1v) is 14.6. The van der Waals surface area contributed by atoms with E-state index in [4.69, 9.17) is 15.0 Å². The third-order valence-electron chi connectivity index (χ3n) is 8.39. The van der Waals surface area contributed by atoms with Crippen molar-refractivity contribution in [2.75, 3.05) is 0 Å². The Kier molecular flexibility index (Phi) is 5.43. The van der Waals surface area contributed by atoms with Gasteiger partial charge in [0, 0.05) is 56.6 Å². The van der Waals surface area contributed by atoms with Crippen molar-refractivity contribution in [1.29, 1.82) is 0 Å². The summed E-state index contributed by atoms with van der Waals surface area (Å²) in [6.45, 7) is 0.